The van der Waals surface area contributed by atoms with Crippen LogP contribution in [0, 0.1) is 0 Å². The summed E-state index contributed by atoms with van der Waals surface area (Å²) < 4.78 is 21.1. The molecule has 0 atom stereocenters. The maximum Gasteiger partial charge on any atom is 0.271 e. The van der Waals surface area contributed by atoms with Crippen LogP contribution in [-0.4, -0.2) is 51.7 Å². The largest absolute Gasteiger partial charge is 0.493 e. The maximum atomic E-state index is 12.6. The third kappa shape index (κ3) is 6.67. The lowest BCUT2D eigenvalue weighted by Gasteiger charge is -2.10. The summed E-state index contributed by atoms with van der Waals surface area (Å²) in [5.74, 6) is 1.47. The molecule has 0 saturated heterocycles. The molecule has 0 bridgehead atoms. The Hall–Kier alpha value is -4.86. The minimum Gasteiger partial charge on any atom is -0.493 e. The molecule has 0 saturated carbocycles. The van der Waals surface area contributed by atoms with Crippen LogP contribution in [0.25, 0.3) is 0 Å². The van der Waals surface area contributed by atoms with Crippen molar-refractivity contribution < 1.29 is 28.5 Å². The fourth-order valence-electron chi connectivity index (χ4n) is 3.42. The quantitative estimate of drug-likeness (QED) is 0.309. The van der Waals surface area contributed by atoms with Crippen molar-refractivity contribution in [1.82, 2.24) is 10.9 Å². The first-order chi connectivity index (χ1) is 18.3. The minimum atomic E-state index is -0.417. The van der Waals surface area contributed by atoms with E-state index in [1.807, 2.05) is 12.1 Å². The summed E-state index contributed by atoms with van der Waals surface area (Å²) in [4.78, 5) is 25.1. The van der Waals surface area contributed by atoms with Gasteiger partial charge in [0, 0.05) is 22.3 Å². The standard InChI is InChI=1S/C28H30N4O6/c1-17(21-11-13-23(35-3)25(15-21)37-5)29-31-27(33)19-7-9-20(10-8-19)28(34)32-30-18(2)22-12-14-24(36-4)26(16-22)38-6/h7-16H,1-6H3,(H,31,33)(H,32,34)/b29-17+,30-18+. The molecule has 3 rings (SSSR count). The van der Waals surface area contributed by atoms with Crippen molar-refractivity contribution in [2.45, 2.75) is 13.8 Å². The van der Waals surface area contributed by atoms with Crippen LogP contribution in [0.15, 0.2) is 70.9 Å². The molecule has 38 heavy (non-hydrogen) atoms. The van der Waals surface area contributed by atoms with Gasteiger partial charge in [-0.2, -0.15) is 10.2 Å². The van der Waals surface area contributed by atoms with Crippen molar-refractivity contribution in [3.8, 4) is 23.0 Å². The maximum absolute atomic E-state index is 12.6. The van der Waals surface area contributed by atoms with Crippen LogP contribution >= 0.6 is 0 Å². The summed E-state index contributed by atoms with van der Waals surface area (Å²) in [6.07, 6.45) is 0. The van der Waals surface area contributed by atoms with Gasteiger partial charge in [-0.1, -0.05) is 0 Å². The molecule has 0 fully saturated rings. The summed E-state index contributed by atoms with van der Waals surface area (Å²) in [7, 11) is 6.21. The Balaban J connectivity index is 1.63. The molecule has 0 aliphatic heterocycles. The molecule has 2 amide bonds. The summed E-state index contributed by atoms with van der Waals surface area (Å²) in [6.45, 7) is 3.53. The zero-order valence-corrected chi connectivity index (χ0v) is 22.1. The topological polar surface area (TPSA) is 120 Å². The molecule has 10 nitrogen and oxygen atoms in total. The number of benzene rings is 3. The van der Waals surface area contributed by atoms with Crippen molar-refractivity contribution in [2.75, 3.05) is 28.4 Å². The smallest absolute Gasteiger partial charge is 0.271 e. The number of hydrazone groups is 2. The number of carbonyl (C=O) groups excluding carboxylic acids is 2. The third-order valence-electron chi connectivity index (χ3n) is 5.66. The number of ether oxygens (including phenoxy) is 4. The minimum absolute atomic E-state index is 0.343. The SMILES string of the molecule is COc1ccc(/C(C)=N/NC(=O)c2ccc(C(=O)N/N=C(\C)c3ccc(OC)c(OC)c3)cc2)cc1OC. The van der Waals surface area contributed by atoms with Crippen molar-refractivity contribution in [2.24, 2.45) is 10.2 Å². The predicted octanol–water partition coefficient (Wildman–Crippen LogP) is 4.03. The van der Waals surface area contributed by atoms with E-state index in [1.165, 1.54) is 24.3 Å². The Kier molecular flexibility index (Phi) is 9.42. The number of methoxy groups -OCH3 is 4. The van der Waals surface area contributed by atoms with Crippen molar-refractivity contribution in [3.63, 3.8) is 0 Å². The van der Waals surface area contributed by atoms with E-state index in [1.54, 1.807) is 66.6 Å². The lowest BCUT2D eigenvalue weighted by Crippen LogP contribution is -2.21. The fraction of sp³-hybridized carbons (Fsp3) is 0.214. The lowest BCUT2D eigenvalue weighted by atomic mass is 10.1. The monoisotopic (exact) mass is 518 g/mol. The van der Waals surface area contributed by atoms with Crippen LogP contribution in [0.2, 0.25) is 0 Å². The van der Waals surface area contributed by atoms with Gasteiger partial charge in [0.25, 0.3) is 11.8 Å². The second kappa shape index (κ2) is 12.9. The van der Waals surface area contributed by atoms with E-state index in [0.717, 1.165) is 11.1 Å². The number of nitrogens with zero attached hydrogens (tertiary/aromatic N) is 2. The van der Waals surface area contributed by atoms with Crippen LogP contribution < -0.4 is 29.8 Å². The number of hydrogen-bond acceptors (Lipinski definition) is 8. The zero-order chi connectivity index (χ0) is 27.7. The summed E-state index contributed by atoms with van der Waals surface area (Å²) in [5, 5.41) is 8.33. The summed E-state index contributed by atoms with van der Waals surface area (Å²) in [6, 6.07) is 16.8. The first-order valence-corrected chi connectivity index (χ1v) is 11.5. The second-order valence-corrected chi connectivity index (χ2v) is 7.99. The van der Waals surface area contributed by atoms with E-state index < -0.39 is 11.8 Å². The molecule has 0 spiro atoms. The van der Waals surface area contributed by atoms with Crippen LogP contribution in [0.1, 0.15) is 45.7 Å². The van der Waals surface area contributed by atoms with Gasteiger partial charge in [-0.15, -0.1) is 0 Å². The van der Waals surface area contributed by atoms with Gasteiger partial charge in [-0.3, -0.25) is 9.59 Å². The molecular weight excluding hydrogens is 488 g/mol. The summed E-state index contributed by atoms with van der Waals surface area (Å²) in [5.41, 5.74) is 8.42. The van der Waals surface area contributed by atoms with E-state index >= 15 is 0 Å². The zero-order valence-electron chi connectivity index (χ0n) is 22.1. The van der Waals surface area contributed by atoms with Crippen LogP contribution in [0.5, 0.6) is 23.0 Å². The Labute approximate surface area is 221 Å². The van der Waals surface area contributed by atoms with E-state index in [9.17, 15) is 9.59 Å². The average molecular weight is 519 g/mol. The Bertz CT molecular complexity index is 1260. The Morgan fingerprint density at radius 2 is 0.842 bits per heavy atom. The molecule has 2 N–H and O–H groups in total. The van der Waals surface area contributed by atoms with E-state index in [2.05, 4.69) is 21.1 Å². The Morgan fingerprint density at radius 1 is 0.526 bits per heavy atom. The van der Waals surface area contributed by atoms with Crippen LogP contribution in [0.4, 0.5) is 0 Å². The van der Waals surface area contributed by atoms with Crippen LogP contribution in [0.3, 0.4) is 0 Å². The van der Waals surface area contributed by atoms with E-state index in [4.69, 9.17) is 18.9 Å². The van der Waals surface area contributed by atoms with Gasteiger partial charge >= 0.3 is 0 Å². The molecule has 3 aromatic rings. The number of hydrogen-bond donors (Lipinski definition) is 2. The first-order valence-electron chi connectivity index (χ1n) is 11.5. The molecule has 0 heterocycles. The van der Waals surface area contributed by atoms with Crippen molar-refractivity contribution in [3.05, 3.63) is 82.9 Å². The molecular formula is C28H30N4O6. The first kappa shape index (κ1) is 27.7. The Morgan fingerprint density at radius 3 is 1.16 bits per heavy atom. The van der Waals surface area contributed by atoms with Crippen molar-refractivity contribution in [1.29, 1.82) is 0 Å². The molecule has 3 aromatic carbocycles. The van der Waals surface area contributed by atoms with Gasteiger partial charge < -0.3 is 18.9 Å². The highest BCUT2D eigenvalue weighted by molar-refractivity contribution is 6.03. The number of amides is 2. The van der Waals surface area contributed by atoms with Gasteiger partial charge in [-0.25, -0.2) is 10.9 Å². The van der Waals surface area contributed by atoms with Gasteiger partial charge in [-0.05, 0) is 74.5 Å². The highest BCUT2D eigenvalue weighted by atomic mass is 16.5. The molecule has 10 heteroatoms. The van der Waals surface area contributed by atoms with E-state index in [-0.39, 0.29) is 0 Å². The number of carbonyl (C=O) groups is 2. The fourth-order valence-corrected chi connectivity index (χ4v) is 3.42. The molecule has 198 valence electrons. The average Bonchev–Trinajstić information content (AvgIpc) is 2.97. The van der Waals surface area contributed by atoms with Gasteiger partial charge in [0.1, 0.15) is 0 Å². The van der Waals surface area contributed by atoms with E-state index in [0.29, 0.717) is 45.5 Å². The van der Waals surface area contributed by atoms with Gasteiger partial charge in [0.05, 0.1) is 39.9 Å². The lowest BCUT2D eigenvalue weighted by molar-refractivity contribution is 0.0943. The third-order valence-corrected chi connectivity index (χ3v) is 5.66. The van der Waals surface area contributed by atoms with Crippen LogP contribution in [-0.2, 0) is 0 Å². The molecule has 0 aromatic heterocycles. The number of nitrogens with one attached hydrogen (secondary N) is 2. The van der Waals surface area contributed by atoms with Crippen molar-refractivity contribution >= 4 is 23.2 Å². The predicted molar refractivity (Wildman–Crippen MR) is 145 cm³/mol. The second-order valence-electron chi connectivity index (χ2n) is 7.99. The number of rotatable bonds is 10. The molecule has 0 radical (unpaired) electrons. The van der Waals surface area contributed by atoms with Gasteiger partial charge in [0.15, 0.2) is 23.0 Å². The molecule has 0 unspecified atom stereocenters. The normalized spacial score (nSPS) is 11.4. The van der Waals surface area contributed by atoms with Gasteiger partial charge in [0.2, 0.25) is 0 Å². The highest BCUT2D eigenvalue weighted by Crippen LogP contribution is 2.28. The molecule has 0 aliphatic rings. The summed E-state index contributed by atoms with van der Waals surface area (Å²) >= 11 is 0. The molecule has 0 aliphatic carbocycles. The highest BCUT2D eigenvalue weighted by Gasteiger charge is 2.11.